The van der Waals surface area contributed by atoms with Crippen LogP contribution in [0.3, 0.4) is 0 Å². The number of nitrogens with zero attached hydrogens (tertiary/aromatic N) is 6. The third kappa shape index (κ3) is 2.20. The molecule has 6 nitrogen and oxygen atoms in total. The first-order chi connectivity index (χ1) is 9.81. The number of anilines is 1. The average Bonchev–Trinajstić information content (AvgIpc) is 2.93. The number of rotatable bonds is 4. The third-order valence-corrected chi connectivity index (χ3v) is 3.20. The summed E-state index contributed by atoms with van der Waals surface area (Å²) in [5, 5.41) is 4.45. The predicted octanol–water partition coefficient (Wildman–Crippen LogP) is 2.03. The topological polar surface area (TPSA) is 59.2 Å². The summed E-state index contributed by atoms with van der Waals surface area (Å²) < 4.78 is 1.71. The van der Waals surface area contributed by atoms with Gasteiger partial charge in [0.2, 0.25) is 5.82 Å². The van der Waals surface area contributed by atoms with Gasteiger partial charge in [0, 0.05) is 19.3 Å². The van der Waals surface area contributed by atoms with Crippen LogP contribution < -0.4 is 4.90 Å². The molecule has 3 aromatic heterocycles. The van der Waals surface area contributed by atoms with Gasteiger partial charge in [-0.25, -0.2) is 9.50 Å². The molecule has 0 saturated heterocycles. The van der Waals surface area contributed by atoms with E-state index in [4.69, 9.17) is 0 Å². The number of aromatic nitrogens is 5. The largest absolute Gasteiger partial charge is 0.370 e. The zero-order valence-electron chi connectivity index (χ0n) is 11.6. The summed E-state index contributed by atoms with van der Waals surface area (Å²) in [5.41, 5.74) is 1.79. The lowest BCUT2D eigenvalue weighted by molar-refractivity contribution is 0.842. The second kappa shape index (κ2) is 5.24. The molecule has 3 rings (SSSR count). The molecule has 20 heavy (non-hydrogen) atoms. The number of fused-ring (bicyclic) bond motifs is 1. The van der Waals surface area contributed by atoms with Crippen molar-refractivity contribution in [2.45, 2.75) is 13.8 Å². The molecule has 0 radical (unpaired) electrons. The van der Waals surface area contributed by atoms with Crippen LogP contribution in [0.25, 0.3) is 17.3 Å². The lowest BCUT2D eigenvalue weighted by Gasteiger charge is -2.19. The van der Waals surface area contributed by atoms with Crippen LogP contribution >= 0.6 is 0 Å². The maximum Gasteiger partial charge on any atom is 0.252 e. The lowest BCUT2D eigenvalue weighted by atomic mass is 10.3. The summed E-state index contributed by atoms with van der Waals surface area (Å²) in [7, 11) is 0. The van der Waals surface area contributed by atoms with E-state index < -0.39 is 0 Å². The highest BCUT2D eigenvalue weighted by Gasteiger charge is 2.10. The molecule has 0 unspecified atom stereocenters. The number of pyridine rings is 1. The summed E-state index contributed by atoms with van der Waals surface area (Å²) in [6, 6.07) is 5.68. The molecule has 0 amide bonds. The Kier molecular flexibility index (Phi) is 3.28. The monoisotopic (exact) mass is 268 g/mol. The molecule has 0 saturated carbocycles. The Hall–Kier alpha value is -2.50. The van der Waals surface area contributed by atoms with Crippen LogP contribution in [0, 0.1) is 0 Å². The maximum absolute atomic E-state index is 4.45. The molecule has 3 heterocycles. The summed E-state index contributed by atoms with van der Waals surface area (Å²) in [5.74, 6) is 1.18. The highest BCUT2D eigenvalue weighted by molar-refractivity contribution is 5.53. The summed E-state index contributed by atoms with van der Waals surface area (Å²) in [6.07, 6.45) is 5.52. The van der Waals surface area contributed by atoms with Gasteiger partial charge in [-0.1, -0.05) is 6.07 Å². The van der Waals surface area contributed by atoms with E-state index in [-0.39, 0.29) is 0 Å². The Morgan fingerprint density at radius 2 is 2.00 bits per heavy atom. The van der Waals surface area contributed by atoms with Crippen molar-refractivity contribution in [3.63, 3.8) is 0 Å². The molecule has 102 valence electrons. The van der Waals surface area contributed by atoms with E-state index in [0.717, 1.165) is 24.5 Å². The molecule has 6 heteroatoms. The Bertz CT molecular complexity index is 702. The van der Waals surface area contributed by atoms with E-state index in [1.165, 1.54) is 0 Å². The fraction of sp³-hybridized carbons (Fsp3) is 0.286. The van der Waals surface area contributed by atoms with E-state index in [9.17, 15) is 0 Å². The molecule has 0 aliphatic heterocycles. The van der Waals surface area contributed by atoms with Crippen molar-refractivity contribution in [3.8, 4) is 11.5 Å². The van der Waals surface area contributed by atoms with Crippen LogP contribution in [-0.4, -0.2) is 37.7 Å². The van der Waals surface area contributed by atoms with Gasteiger partial charge in [-0.15, -0.1) is 5.10 Å². The summed E-state index contributed by atoms with van der Waals surface area (Å²) in [6.45, 7) is 6.11. The molecule has 0 fully saturated rings. The fourth-order valence-electron chi connectivity index (χ4n) is 2.13. The zero-order valence-corrected chi connectivity index (χ0v) is 11.6. The van der Waals surface area contributed by atoms with Crippen LogP contribution in [0.15, 0.2) is 36.8 Å². The Morgan fingerprint density at radius 3 is 2.70 bits per heavy atom. The minimum atomic E-state index is 0.585. The van der Waals surface area contributed by atoms with Gasteiger partial charge >= 0.3 is 0 Å². The smallest absolute Gasteiger partial charge is 0.252 e. The molecule has 0 atom stereocenters. The predicted molar refractivity (Wildman–Crippen MR) is 77.6 cm³/mol. The summed E-state index contributed by atoms with van der Waals surface area (Å²) in [4.78, 5) is 15.2. The highest BCUT2D eigenvalue weighted by Crippen LogP contribution is 2.15. The quantitative estimate of drug-likeness (QED) is 0.724. The van der Waals surface area contributed by atoms with Gasteiger partial charge in [0.05, 0.1) is 18.1 Å². The van der Waals surface area contributed by atoms with Gasteiger partial charge in [0.1, 0.15) is 5.69 Å². The standard InChI is InChI=1S/C14H16N6/c1-3-19(4-2)11-9-16-14-17-13(18-20(14)10-11)12-7-5-6-8-15-12/h5-10H,3-4H2,1-2H3. The van der Waals surface area contributed by atoms with Gasteiger partial charge in [0.15, 0.2) is 0 Å². The molecule has 0 aliphatic carbocycles. The van der Waals surface area contributed by atoms with Crippen molar-refractivity contribution < 1.29 is 0 Å². The molecular formula is C14H16N6. The van der Waals surface area contributed by atoms with Crippen LogP contribution in [0.1, 0.15) is 13.8 Å². The van der Waals surface area contributed by atoms with Crippen molar-refractivity contribution >= 4 is 11.5 Å². The van der Waals surface area contributed by atoms with Crippen LogP contribution in [0.4, 0.5) is 5.69 Å². The first-order valence-electron chi connectivity index (χ1n) is 6.70. The van der Waals surface area contributed by atoms with Crippen molar-refractivity contribution in [3.05, 3.63) is 36.8 Å². The molecule has 0 aromatic carbocycles. The number of hydrogen-bond acceptors (Lipinski definition) is 5. The van der Waals surface area contributed by atoms with E-state index in [2.05, 4.69) is 38.8 Å². The van der Waals surface area contributed by atoms with Crippen LogP contribution in [0.2, 0.25) is 0 Å². The van der Waals surface area contributed by atoms with E-state index in [0.29, 0.717) is 11.6 Å². The lowest BCUT2D eigenvalue weighted by Crippen LogP contribution is -2.22. The molecule has 0 spiro atoms. The van der Waals surface area contributed by atoms with E-state index >= 15 is 0 Å². The first kappa shape index (κ1) is 12.5. The SMILES string of the molecule is CCN(CC)c1cnc2nc(-c3ccccn3)nn2c1. The fourth-order valence-corrected chi connectivity index (χ4v) is 2.13. The van der Waals surface area contributed by atoms with E-state index in [1.54, 1.807) is 10.7 Å². The van der Waals surface area contributed by atoms with E-state index in [1.807, 2.05) is 30.6 Å². The molecule has 0 N–H and O–H groups in total. The summed E-state index contributed by atoms with van der Waals surface area (Å²) >= 11 is 0. The van der Waals surface area contributed by atoms with Gasteiger partial charge in [0.25, 0.3) is 5.78 Å². The van der Waals surface area contributed by atoms with Gasteiger partial charge in [-0.2, -0.15) is 4.98 Å². The van der Waals surface area contributed by atoms with Gasteiger partial charge < -0.3 is 4.90 Å². The van der Waals surface area contributed by atoms with Crippen molar-refractivity contribution in [1.29, 1.82) is 0 Å². The number of hydrogen-bond donors (Lipinski definition) is 0. The molecular weight excluding hydrogens is 252 g/mol. The minimum Gasteiger partial charge on any atom is -0.370 e. The average molecular weight is 268 g/mol. The van der Waals surface area contributed by atoms with Gasteiger partial charge in [-0.05, 0) is 26.0 Å². The normalized spacial score (nSPS) is 10.9. The molecule has 0 bridgehead atoms. The Balaban J connectivity index is 2.04. The Morgan fingerprint density at radius 1 is 1.15 bits per heavy atom. The maximum atomic E-state index is 4.45. The van der Waals surface area contributed by atoms with Crippen LogP contribution in [0.5, 0.6) is 0 Å². The van der Waals surface area contributed by atoms with Crippen molar-refractivity contribution in [2.75, 3.05) is 18.0 Å². The minimum absolute atomic E-state index is 0.585. The third-order valence-electron chi connectivity index (χ3n) is 3.20. The highest BCUT2D eigenvalue weighted by atomic mass is 15.3. The van der Waals surface area contributed by atoms with Crippen LogP contribution in [-0.2, 0) is 0 Å². The van der Waals surface area contributed by atoms with Crippen molar-refractivity contribution in [2.24, 2.45) is 0 Å². The Labute approximate surface area is 117 Å². The van der Waals surface area contributed by atoms with Crippen molar-refractivity contribution in [1.82, 2.24) is 24.6 Å². The van der Waals surface area contributed by atoms with Gasteiger partial charge in [-0.3, -0.25) is 4.98 Å². The second-order valence-corrected chi connectivity index (χ2v) is 4.38. The zero-order chi connectivity index (χ0) is 13.9. The molecule has 0 aliphatic rings. The first-order valence-corrected chi connectivity index (χ1v) is 6.70. The second-order valence-electron chi connectivity index (χ2n) is 4.38. The molecule has 3 aromatic rings.